The first-order valence-electron chi connectivity index (χ1n) is 4.22. The van der Waals surface area contributed by atoms with Crippen molar-refractivity contribution in [2.75, 3.05) is 19.8 Å². The molecule has 7 nitrogen and oxygen atoms in total. The summed E-state index contributed by atoms with van der Waals surface area (Å²) in [5.74, 6) is 0. The molecule has 0 rings (SSSR count). The van der Waals surface area contributed by atoms with E-state index in [0.29, 0.717) is 19.8 Å². The molecule has 0 aliphatic heterocycles. The molecule has 0 aromatic carbocycles. The molecule has 0 saturated carbocycles. The molecule has 0 unspecified atom stereocenters. The highest BCUT2D eigenvalue weighted by Crippen LogP contribution is 2.48. The van der Waals surface area contributed by atoms with E-state index in [-0.39, 0.29) is 0 Å². The van der Waals surface area contributed by atoms with Crippen LogP contribution in [0.15, 0.2) is 0 Å². The Kier molecular flexibility index (Phi) is 11.7. The van der Waals surface area contributed by atoms with Gasteiger partial charge in [-0.25, -0.2) is 4.57 Å². The lowest BCUT2D eigenvalue weighted by Crippen LogP contribution is -1.99. The van der Waals surface area contributed by atoms with Gasteiger partial charge in [0, 0.05) is 0 Å². The van der Waals surface area contributed by atoms with E-state index < -0.39 is 18.4 Å². The molecular weight excluding hydrogens is 247 g/mol. The molecule has 0 radical (unpaired) electrons. The van der Waals surface area contributed by atoms with Crippen LogP contribution in [0, 0.1) is 0 Å². The monoisotopic (exact) mass is 262 g/mol. The zero-order valence-corrected chi connectivity index (χ0v) is 10.5. The maximum Gasteiger partial charge on any atom is 0.474 e. The van der Waals surface area contributed by atoms with Gasteiger partial charge in [-0.2, -0.15) is 0 Å². The fourth-order valence-corrected chi connectivity index (χ4v) is 1.76. The van der Waals surface area contributed by atoms with Crippen LogP contribution in [0.25, 0.3) is 0 Å². The fourth-order valence-electron chi connectivity index (χ4n) is 0.586. The Labute approximate surface area is 90.4 Å². The molecule has 92 valence electrons. The van der Waals surface area contributed by atoms with Crippen LogP contribution in [0.4, 0.5) is 0 Å². The predicted molar refractivity (Wildman–Crippen MR) is 52.2 cm³/mol. The Morgan fingerprint density at radius 1 is 0.867 bits per heavy atom. The van der Waals surface area contributed by atoms with Crippen molar-refractivity contribution < 1.29 is 30.8 Å². The number of phosphoric ester groups is 1. The first kappa shape index (κ1) is 17.1. The third-order valence-corrected chi connectivity index (χ3v) is 2.58. The van der Waals surface area contributed by atoms with Gasteiger partial charge in [0.05, 0.1) is 19.8 Å². The molecule has 0 amide bonds. The minimum absolute atomic E-state index is 0.331. The first-order valence-corrected chi connectivity index (χ1v) is 6.68. The summed E-state index contributed by atoms with van der Waals surface area (Å²) in [7, 11) is -6.33. The third-order valence-electron chi connectivity index (χ3n) is 0.862. The maximum atomic E-state index is 11.3. The Hall–Kier alpha value is -0.270. The molecule has 9 heteroatoms. The SMILES string of the molecule is CCOP(=O)(OCC)OCC.O=S(=O)=O. The van der Waals surface area contributed by atoms with Gasteiger partial charge in [-0.1, -0.05) is 0 Å². The Morgan fingerprint density at radius 3 is 1.20 bits per heavy atom. The predicted octanol–water partition coefficient (Wildman–Crippen LogP) is 1.20. The largest absolute Gasteiger partial charge is 0.474 e. The number of rotatable bonds is 6. The number of phosphoric acid groups is 1. The van der Waals surface area contributed by atoms with Gasteiger partial charge in [-0.05, 0) is 20.8 Å². The molecule has 0 fully saturated rings. The van der Waals surface area contributed by atoms with E-state index in [2.05, 4.69) is 0 Å². The Balaban J connectivity index is 0. The number of hydrogen-bond acceptors (Lipinski definition) is 7. The second kappa shape index (κ2) is 10.3. The standard InChI is InChI=1S/C6H15O4P.O3S/c1-4-8-11(7,9-5-2)10-6-3;1-4(2)3/h4-6H2,1-3H3;. The third kappa shape index (κ3) is 13.7. The van der Waals surface area contributed by atoms with E-state index in [0.717, 1.165) is 0 Å². The highest BCUT2D eigenvalue weighted by atomic mass is 32.2. The zero-order chi connectivity index (χ0) is 12.3. The first-order chi connectivity index (χ1) is 6.91. The lowest BCUT2D eigenvalue weighted by Gasteiger charge is -2.14. The molecule has 0 atom stereocenters. The summed E-state index contributed by atoms with van der Waals surface area (Å²) in [6.07, 6.45) is 0. The van der Waals surface area contributed by atoms with Gasteiger partial charge in [-0.15, -0.1) is 12.6 Å². The summed E-state index contributed by atoms with van der Waals surface area (Å²) in [5, 5.41) is 0. The van der Waals surface area contributed by atoms with Crippen molar-refractivity contribution in [1.29, 1.82) is 0 Å². The molecule has 0 N–H and O–H groups in total. The summed E-state index contributed by atoms with van der Waals surface area (Å²) in [6, 6.07) is 0. The van der Waals surface area contributed by atoms with Crippen LogP contribution in [-0.4, -0.2) is 32.4 Å². The van der Waals surface area contributed by atoms with Gasteiger partial charge >= 0.3 is 18.4 Å². The van der Waals surface area contributed by atoms with Crippen molar-refractivity contribution >= 4 is 18.4 Å². The minimum Gasteiger partial charge on any atom is -0.287 e. The summed E-state index contributed by atoms with van der Waals surface area (Å²) in [5.41, 5.74) is 0. The highest BCUT2D eigenvalue weighted by Gasteiger charge is 2.23. The molecule has 0 bridgehead atoms. The van der Waals surface area contributed by atoms with Crippen LogP contribution in [0.3, 0.4) is 0 Å². The Bertz CT molecular complexity index is 253. The fraction of sp³-hybridized carbons (Fsp3) is 1.00. The lowest BCUT2D eigenvalue weighted by atomic mass is 10.9. The van der Waals surface area contributed by atoms with Crippen LogP contribution < -0.4 is 0 Å². The molecule has 15 heavy (non-hydrogen) atoms. The molecule has 0 aliphatic carbocycles. The molecule has 0 spiro atoms. The lowest BCUT2D eigenvalue weighted by molar-refractivity contribution is 0.126. The average Bonchev–Trinajstić information content (AvgIpc) is 2.03. The van der Waals surface area contributed by atoms with E-state index in [1.165, 1.54) is 0 Å². The van der Waals surface area contributed by atoms with Crippen molar-refractivity contribution in [2.45, 2.75) is 20.8 Å². The van der Waals surface area contributed by atoms with Gasteiger partial charge in [0.15, 0.2) is 0 Å². The highest BCUT2D eigenvalue weighted by molar-refractivity contribution is 7.59. The Morgan fingerprint density at radius 2 is 1.07 bits per heavy atom. The van der Waals surface area contributed by atoms with Gasteiger partial charge < -0.3 is 0 Å². The van der Waals surface area contributed by atoms with E-state index >= 15 is 0 Å². The van der Waals surface area contributed by atoms with E-state index in [9.17, 15) is 4.57 Å². The molecule has 0 aromatic rings. The maximum absolute atomic E-state index is 11.3. The van der Waals surface area contributed by atoms with Crippen LogP contribution in [0.1, 0.15) is 20.8 Å². The van der Waals surface area contributed by atoms with Crippen molar-refractivity contribution in [1.82, 2.24) is 0 Å². The van der Waals surface area contributed by atoms with Crippen molar-refractivity contribution in [3.05, 3.63) is 0 Å². The van der Waals surface area contributed by atoms with E-state index in [1.807, 2.05) is 0 Å². The van der Waals surface area contributed by atoms with Crippen LogP contribution in [0.5, 0.6) is 0 Å². The number of hydrogen-bond donors (Lipinski definition) is 0. The average molecular weight is 262 g/mol. The van der Waals surface area contributed by atoms with E-state index in [4.69, 9.17) is 26.2 Å². The molecule has 0 aromatic heterocycles. The van der Waals surface area contributed by atoms with Crippen molar-refractivity contribution in [3.63, 3.8) is 0 Å². The molecule has 0 aliphatic rings. The summed E-state index contributed by atoms with van der Waals surface area (Å²) in [6.45, 7) is 6.21. The van der Waals surface area contributed by atoms with Gasteiger partial charge in [0.1, 0.15) is 0 Å². The smallest absolute Gasteiger partial charge is 0.287 e. The summed E-state index contributed by atoms with van der Waals surface area (Å²) < 4.78 is 51.1. The summed E-state index contributed by atoms with van der Waals surface area (Å²) >= 11 is 0. The van der Waals surface area contributed by atoms with Crippen molar-refractivity contribution in [3.8, 4) is 0 Å². The second-order valence-corrected chi connectivity index (χ2v) is 3.98. The van der Waals surface area contributed by atoms with Gasteiger partial charge in [0.25, 0.3) is 0 Å². The topological polar surface area (TPSA) is 96.0 Å². The molecule has 0 heterocycles. The van der Waals surface area contributed by atoms with Crippen LogP contribution in [0.2, 0.25) is 0 Å². The van der Waals surface area contributed by atoms with Gasteiger partial charge in [-0.3, -0.25) is 13.6 Å². The van der Waals surface area contributed by atoms with E-state index in [1.54, 1.807) is 20.8 Å². The minimum atomic E-state index is -3.22. The van der Waals surface area contributed by atoms with Crippen LogP contribution >= 0.6 is 7.82 Å². The second-order valence-electron chi connectivity index (χ2n) is 1.90. The van der Waals surface area contributed by atoms with Crippen molar-refractivity contribution in [2.24, 2.45) is 0 Å². The van der Waals surface area contributed by atoms with Gasteiger partial charge in [0.2, 0.25) is 0 Å². The normalized spacial score (nSPS) is 10.3. The summed E-state index contributed by atoms with van der Waals surface area (Å²) in [4.78, 5) is 0. The molecular formula is C6H15O7PS. The van der Waals surface area contributed by atoms with Crippen LogP contribution in [-0.2, 0) is 28.7 Å². The quantitative estimate of drug-likeness (QED) is 0.663. The zero-order valence-electron chi connectivity index (χ0n) is 8.83. The molecule has 0 saturated heterocycles.